The molecule has 3 N–H and O–H groups in total. The van der Waals surface area contributed by atoms with Crippen molar-refractivity contribution in [1.29, 1.82) is 5.26 Å². The molecule has 4 nitrogen and oxygen atoms in total. The van der Waals surface area contributed by atoms with Gasteiger partial charge in [0.05, 0.1) is 11.6 Å². The second-order valence-electron chi connectivity index (χ2n) is 3.91. The molecule has 86 valence electrons. The van der Waals surface area contributed by atoms with Gasteiger partial charge in [-0.3, -0.25) is 0 Å². The maximum absolute atomic E-state index is 9.64. The van der Waals surface area contributed by atoms with E-state index in [4.69, 9.17) is 5.26 Å². The first-order chi connectivity index (χ1) is 7.61. The number of hydrogen-bond donors (Lipinski definition) is 3. The maximum Gasteiger partial charge on any atom is 0.137 e. The molecule has 1 aromatic rings. The molecule has 0 aliphatic rings. The van der Waals surface area contributed by atoms with E-state index in [0.717, 1.165) is 5.69 Å². The zero-order chi connectivity index (χ0) is 12.0. The molecule has 0 spiro atoms. The van der Waals surface area contributed by atoms with E-state index in [2.05, 4.69) is 10.6 Å². The first kappa shape index (κ1) is 12.5. The van der Waals surface area contributed by atoms with Gasteiger partial charge in [0.1, 0.15) is 6.23 Å². The van der Waals surface area contributed by atoms with E-state index in [0.29, 0.717) is 18.2 Å². The van der Waals surface area contributed by atoms with Crippen LogP contribution in [0.2, 0.25) is 0 Å². The Morgan fingerprint density at radius 2 is 1.94 bits per heavy atom. The zero-order valence-electron chi connectivity index (χ0n) is 9.57. The van der Waals surface area contributed by atoms with E-state index < -0.39 is 6.23 Å². The van der Waals surface area contributed by atoms with E-state index in [-0.39, 0.29) is 0 Å². The lowest BCUT2D eigenvalue weighted by atomic mass is 10.2. The lowest BCUT2D eigenvalue weighted by Crippen LogP contribution is -2.36. The average Bonchev–Trinajstić information content (AvgIpc) is 2.27. The summed E-state index contributed by atoms with van der Waals surface area (Å²) in [7, 11) is 0. The molecular formula is C12H17N3O. The average molecular weight is 219 g/mol. The summed E-state index contributed by atoms with van der Waals surface area (Å²) in [5.41, 5.74) is 1.41. The van der Waals surface area contributed by atoms with Crippen molar-refractivity contribution >= 4 is 5.69 Å². The molecule has 0 saturated heterocycles. The summed E-state index contributed by atoms with van der Waals surface area (Å²) in [4.78, 5) is 0. The highest BCUT2D eigenvalue weighted by Gasteiger charge is 2.04. The highest BCUT2D eigenvalue weighted by molar-refractivity contribution is 5.47. The van der Waals surface area contributed by atoms with Crippen molar-refractivity contribution in [3.63, 3.8) is 0 Å². The Hall–Kier alpha value is -1.57. The molecule has 1 rings (SSSR count). The summed E-state index contributed by atoms with van der Waals surface area (Å²) in [6.07, 6.45) is -0.629. The Bertz CT molecular complexity index is 354. The second kappa shape index (κ2) is 6.11. The van der Waals surface area contributed by atoms with Gasteiger partial charge < -0.3 is 15.7 Å². The van der Waals surface area contributed by atoms with Crippen LogP contribution in [0, 0.1) is 11.3 Å². The Morgan fingerprint density at radius 1 is 1.31 bits per heavy atom. The first-order valence-electron chi connectivity index (χ1n) is 5.30. The van der Waals surface area contributed by atoms with Crippen LogP contribution in [0.25, 0.3) is 0 Å². The molecular weight excluding hydrogens is 202 g/mol. The van der Waals surface area contributed by atoms with Gasteiger partial charge in [-0.05, 0) is 24.3 Å². The van der Waals surface area contributed by atoms with Crippen molar-refractivity contribution in [3.05, 3.63) is 29.8 Å². The van der Waals surface area contributed by atoms with Crippen LogP contribution in [0.1, 0.15) is 19.4 Å². The van der Waals surface area contributed by atoms with Crippen molar-refractivity contribution in [3.8, 4) is 6.07 Å². The van der Waals surface area contributed by atoms with Gasteiger partial charge >= 0.3 is 0 Å². The van der Waals surface area contributed by atoms with E-state index in [1.807, 2.05) is 19.9 Å². The van der Waals surface area contributed by atoms with Crippen LogP contribution in [-0.4, -0.2) is 23.9 Å². The summed E-state index contributed by atoms with van der Waals surface area (Å²) in [6.45, 7) is 4.53. The van der Waals surface area contributed by atoms with Crippen LogP contribution in [0.5, 0.6) is 0 Å². The predicted molar refractivity (Wildman–Crippen MR) is 63.9 cm³/mol. The summed E-state index contributed by atoms with van der Waals surface area (Å²) in [5, 5.41) is 24.3. The van der Waals surface area contributed by atoms with E-state index in [9.17, 15) is 5.11 Å². The molecule has 0 bridgehead atoms. The van der Waals surface area contributed by atoms with Crippen molar-refractivity contribution in [2.45, 2.75) is 26.1 Å². The largest absolute Gasteiger partial charge is 0.372 e. The molecule has 1 aromatic carbocycles. The smallest absolute Gasteiger partial charge is 0.137 e. The number of nitrogens with one attached hydrogen (secondary N) is 2. The Morgan fingerprint density at radius 3 is 2.44 bits per heavy atom. The normalized spacial score (nSPS) is 12.2. The van der Waals surface area contributed by atoms with Crippen LogP contribution < -0.4 is 10.6 Å². The number of benzene rings is 1. The van der Waals surface area contributed by atoms with Gasteiger partial charge in [0, 0.05) is 18.3 Å². The lowest BCUT2D eigenvalue weighted by Gasteiger charge is -2.16. The van der Waals surface area contributed by atoms with Crippen LogP contribution in [0.3, 0.4) is 0 Å². The van der Waals surface area contributed by atoms with Gasteiger partial charge in [-0.25, -0.2) is 0 Å². The number of nitrogens with zero attached hydrogens (tertiary/aromatic N) is 1. The fourth-order valence-corrected chi connectivity index (χ4v) is 1.23. The molecule has 0 aromatic heterocycles. The molecule has 0 fully saturated rings. The summed E-state index contributed by atoms with van der Waals surface area (Å²) < 4.78 is 0. The fourth-order valence-electron chi connectivity index (χ4n) is 1.23. The zero-order valence-corrected chi connectivity index (χ0v) is 9.57. The highest BCUT2D eigenvalue weighted by Crippen LogP contribution is 2.09. The van der Waals surface area contributed by atoms with Crippen molar-refractivity contribution < 1.29 is 5.11 Å². The standard InChI is InChI=1S/C12H17N3O/c1-9(2)14-8-12(16)15-11-5-3-10(7-13)4-6-11/h3-6,9,12,14-16H,8H2,1-2H3. The van der Waals surface area contributed by atoms with E-state index in [1.54, 1.807) is 24.3 Å². The van der Waals surface area contributed by atoms with E-state index in [1.165, 1.54) is 0 Å². The highest BCUT2D eigenvalue weighted by atomic mass is 16.3. The second-order valence-corrected chi connectivity index (χ2v) is 3.91. The molecule has 0 aliphatic carbocycles. The van der Waals surface area contributed by atoms with Gasteiger partial charge in [-0.2, -0.15) is 5.26 Å². The topological polar surface area (TPSA) is 68.1 Å². The van der Waals surface area contributed by atoms with Gasteiger partial charge in [0.25, 0.3) is 0 Å². The number of anilines is 1. The lowest BCUT2D eigenvalue weighted by molar-refractivity contribution is 0.196. The van der Waals surface area contributed by atoms with Crippen LogP contribution >= 0.6 is 0 Å². The quantitative estimate of drug-likeness (QED) is 0.653. The Kier molecular flexibility index (Phi) is 4.77. The van der Waals surface area contributed by atoms with Crippen LogP contribution in [0.4, 0.5) is 5.69 Å². The summed E-state index contributed by atoms with van der Waals surface area (Å²) >= 11 is 0. The molecule has 0 heterocycles. The van der Waals surface area contributed by atoms with Gasteiger partial charge in [0.2, 0.25) is 0 Å². The Balaban J connectivity index is 2.44. The minimum atomic E-state index is -0.629. The summed E-state index contributed by atoms with van der Waals surface area (Å²) in [5.74, 6) is 0. The van der Waals surface area contributed by atoms with Gasteiger partial charge in [-0.15, -0.1) is 0 Å². The molecule has 0 saturated carbocycles. The Labute approximate surface area is 95.9 Å². The molecule has 16 heavy (non-hydrogen) atoms. The molecule has 1 unspecified atom stereocenters. The number of aliphatic hydroxyl groups excluding tert-OH is 1. The van der Waals surface area contributed by atoms with Crippen molar-refractivity contribution in [2.75, 3.05) is 11.9 Å². The SMILES string of the molecule is CC(C)NCC(O)Nc1ccc(C#N)cc1. The van der Waals surface area contributed by atoms with Gasteiger partial charge in [0.15, 0.2) is 0 Å². The number of rotatable bonds is 5. The van der Waals surface area contributed by atoms with Crippen molar-refractivity contribution in [2.24, 2.45) is 0 Å². The molecule has 1 atom stereocenters. The van der Waals surface area contributed by atoms with E-state index >= 15 is 0 Å². The number of hydrogen-bond acceptors (Lipinski definition) is 4. The molecule has 4 heteroatoms. The third-order valence-corrected chi connectivity index (χ3v) is 2.07. The minimum Gasteiger partial charge on any atom is -0.372 e. The summed E-state index contributed by atoms with van der Waals surface area (Å²) in [6, 6.07) is 9.37. The van der Waals surface area contributed by atoms with Crippen LogP contribution in [0.15, 0.2) is 24.3 Å². The maximum atomic E-state index is 9.64. The monoisotopic (exact) mass is 219 g/mol. The molecule has 0 radical (unpaired) electrons. The predicted octanol–water partition coefficient (Wildman–Crippen LogP) is 1.29. The van der Waals surface area contributed by atoms with Crippen LogP contribution in [-0.2, 0) is 0 Å². The number of aliphatic hydroxyl groups is 1. The number of nitriles is 1. The van der Waals surface area contributed by atoms with Gasteiger partial charge in [-0.1, -0.05) is 13.8 Å². The first-order valence-corrected chi connectivity index (χ1v) is 5.30. The fraction of sp³-hybridized carbons (Fsp3) is 0.417. The third-order valence-electron chi connectivity index (χ3n) is 2.07. The van der Waals surface area contributed by atoms with Crippen molar-refractivity contribution in [1.82, 2.24) is 5.32 Å². The third kappa shape index (κ3) is 4.30. The molecule has 0 aliphatic heterocycles. The minimum absolute atomic E-state index is 0.345. The molecule has 0 amide bonds.